The molecule has 1 atom stereocenters. The molecule has 0 saturated carbocycles. The number of aryl methyl sites for hydroxylation is 1. The molecule has 0 saturated heterocycles. The number of hydrogen-bond acceptors (Lipinski definition) is 3. The lowest BCUT2D eigenvalue weighted by Crippen LogP contribution is -2.38. The van der Waals surface area contributed by atoms with Gasteiger partial charge in [0.1, 0.15) is 5.69 Å². The smallest absolute Gasteiger partial charge is 0.355 e. The third-order valence-corrected chi connectivity index (χ3v) is 4.36. The average molecular weight is 362 g/mol. The van der Waals surface area contributed by atoms with Crippen molar-refractivity contribution in [3.63, 3.8) is 0 Å². The fourth-order valence-electron chi connectivity index (χ4n) is 2.86. The molecule has 0 bridgehead atoms. The molecule has 5 heteroatoms. The summed E-state index contributed by atoms with van der Waals surface area (Å²) in [5.41, 5.74) is 2.31. The van der Waals surface area contributed by atoms with Gasteiger partial charge in [-0.15, -0.1) is 0 Å². The van der Waals surface area contributed by atoms with E-state index < -0.39 is 12.1 Å². The van der Waals surface area contributed by atoms with Crippen LogP contribution in [-0.4, -0.2) is 22.5 Å². The first-order valence-corrected chi connectivity index (χ1v) is 8.79. The Labute approximate surface area is 158 Å². The lowest BCUT2D eigenvalue weighted by molar-refractivity contribution is -0.129. The van der Waals surface area contributed by atoms with Crippen molar-refractivity contribution < 1.29 is 14.3 Å². The zero-order chi connectivity index (χ0) is 19.2. The summed E-state index contributed by atoms with van der Waals surface area (Å²) in [6, 6.07) is 22.5. The number of carbonyl (C=O) groups is 2. The van der Waals surface area contributed by atoms with Crippen molar-refractivity contribution in [1.29, 1.82) is 0 Å². The van der Waals surface area contributed by atoms with Crippen molar-refractivity contribution in [3.8, 4) is 0 Å². The molecular weight excluding hydrogens is 340 g/mol. The molecule has 2 aromatic carbocycles. The van der Waals surface area contributed by atoms with E-state index in [1.165, 1.54) is 0 Å². The molecule has 27 heavy (non-hydrogen) atoms. The minimum atomic E-state index is -0.915. The molecule has 1 aromatic heterocycles. The number of nitrogens with zero attached hydrogens (tertiary/aromatic N) is 1. The number of benzene rings is 2. The molecule has 1 N–H and O–H groups in total. The van der Waals surface area contributed by atoms with Gasteiger partial charge in [0, 0.05) is 13.2 Å². The van der Waals surface area contributed by atoms with Crippen LogP contribution >= 0.6 is 0 Å². The largest absolute Gasteiger partial charge is 0.448 e. The maximum absolute atomic E-state index is 12.7. The van der Waals surface area contributed by atoms with Crippen LogP contribution in [0.3, 0.4) is 0 Å². The topological polar surface area (TPSA) is 60.3 Å². The Balaban J connectivity index is 1.74. The second kappa shape index (κ2) is 8.36. The van der Waals surface area contributed by atoms with Crippen molar-refractivity contribution >= 4 is 11.9 Å². The highest BCUT2D eigenvalue weighted by molar-refractivity contribution is 5.91. The molecule has 0 aliphatic heterocycles. The third kappa shape index (κ3) is 4.44. The van der Waals surface area contributed by atoms with E-state index in [0.717, 1.165) is 11.1 Å². The first-order valence-electron chi connectivity index (χ1n) is 8.79. The van der Waals surface area contributed by atoms with E-state index in [1.54, 1.807) is 36.9 Å². The maximum atomic E-state index is 12.7. The molecule has 5 nitrogen and oxygen atoms in total. The Bertz CT molecular complexity index is 864. The van der Waals surface area contributed by atoms with Gasteiger partial charge in [-0.3, -0.25) is 4.79 Å². The van der Waals surface area contributed by atoms with Gasteiger partial charge in [0.2, 0.25) is 0 Å². The van der Waals surface area contributed by atoms with Gasteiger partial charge >= 0.3 is 5.97 Å². The Kier molecular flexibility index (Phi) is 5.71. The highest BCUT2D eigenvalue weighted by atomic mass is 16.5. The van der Waals surface area contributed by atoms with Gasteiger partial charge in [-0.1, -0.05) is 60.7 Å². The Morgan fingerprint density at radius 3 is 1.93 bits per heavy atom. The van der Waals surface area contributed by atoms with Gasteiger partial charge in [-0.2, -0.15) is 0 Å². The summed E-state index contributed by atoms with van der Waals surface area (Å²) >= 11 is 0. The van der Waals surface area contributed by atoms with E-state index in [2.05, 4.69) is 5.32 Å². The van der Waals surface area contributed by atoms with Gasteiger partial charge in [0.25, 0.3) is 5.91 Å². The number of hydrogen-bond donors (Lipinski definition) is 1. The number of rotatable bonds is 6. The molecule has 1 amide bonds. The van der Waals surface area contributed by atoms with Crippen LogP contribution in [0.5, 0.6) is 0 Å². The van der Waals surface area contributed by atoms with Gasteiger partial charge in [-0.25, -0.2) is 4.79 Å². The predicted molar refractivity (Wildman–Crippen MR) is 103 cm³/mol. The third-order valence-electron chi connectivity index (χ3n) is 4.36. The normalized spacial score (nSPS) is 11.8. The van der Waals surface area contributed by atoms with E-state index in [9.17, 15) is 9.59 Å². The first-order chi connectivity index (χ1) is 13.1. The lowest BCUT2D eigenvalue weighted by atomic mass is 9.98. The van der Waals surface area contributed by atoms with Gasteiger partial charge in [-0.05, 0) is 30.2 Å². The highest BCUT2D eigenvalue weighted by Crippen LogP contribution is 2.22. The zero-order valence-corrected chi connectivity index (χ0v) is 15.3. The number of aromatic nitrogens is 1. The Morgan fingerprint density at radius 1 is 0.889 bits per heavy atom. The molecule has 0 aliphatic rings. The second-order valence-electron chi connectivity index (χ2n) is 6.31. The zero-order valence-electron chi connectivity index (χ0n) is 15.3. The van der Waals surface area contributed by atoms with Crippen LogP contribution < -0.4 is 5.32 Å². The van der Waals surface area contributed by atoms with E-state index in [-0.39, 0.29) is 11.9 Å². The molecule has 0 fully saturated rings. The second-order valence-corrected chi connectivity index (χ2v) is 6.31. The van der Waals surface area contributed by atoms with Crippen LogP contribution in [0.1, 0.15) is 34.6 Å². The van der Waals surface area contributed by atoms with Crippen molar-refractivity contribution in [2.45, 2.75) is 19.1 Å². The lowest BCUT2D eigenvalue weighted by Gasteiger charge is -2.22. The number of carbonyl (C=O) groups excluding carboxylic acids is 2. The molecule has 0 aliphatic carbocycles. The van der Waals surface area contributed by atoms with Crippen molar-refractivity contribution in [1.82, 2.24) is 9.88 Å². The SMILES string of the molecule is C[C@@H](OC(=O)c1cccn1C)C(=O)NC(c1ccccc1)c1ccccc1. The predicted octanol–water partition coefficient (Wildman–Crippen LogP) is 3.48. The van der Waals surface area contributed by atoms with Crippen molar-refractivity contribution in [3.05, 3.63) is 95.8 Å². The summed E-state index contributed by atoms with van der Waals surface area (Å²) in [6.07, 6.45) is 0.838. The summed E-state index contributed by atoms with van der Waals surface area (Å²) in [4.78, 5) is 24.9. The summed E-state index contributed by atoms with van der Waals surface area (Å²) in [5, 5.41) is 2.99. The standard InChI is InChI=1S/C22H22N2O3/c1-16(27-22(26)19-14-9-15-24(19)2)21(25)23-20(17-10-5-3-6-11-17)18-12-7-4-8-13-18/h3-16,20H,1-2H3,(H,23,25)/t16-/m1/s1. The minimum Gasteiger partial charge on any atom is -0.448 e. The van der Waals surface area contributed by atoms with Crippen LogP contribution in [0.15, 0.2) is 79.0 Å². The van der Waals surface area contributed by atoms with Gasteiger partial charge in [0.05, 0.1) is 6.04 Å². The van der Waals surface area contributed by atoms with E-state index in [1.807, 2.05) is 60.7 Å². The van der Waals surface area contributed by atoms with Gasteiger partial charge < -0.3 is 14.6 Å². The quantitative estimate of drug-likeness (QED) is 0.683. The number of nitrogens with one attached hydrogen (secondary N) is 1. The number of esters is 1. The fraction of sp³-hybridized carbons (Fsp3) is 0.182. The monoisotopic (exact) mass is 362 g/mol. The van der Waals surface area contributed by atoms with Crippen molar-refractivity contribution in [2.75, 3.05) is 0 Å². The van der Waals surface area contributed by atoms with E-state index in [0.29, 0.717) is 5.69 Å². The van der Waals surface area contributed by atoms with E-state index >= 15 is 0 Å². The van der Waals surface area contributed by atoms with E-state index in [4.69, 9.17) is 4.74 Å². The maximum Gasteiger partial charge on any atom is 0.355 e. The Hall–Kier alpha value is -3.34. The molecule has 0 unspecified atom stereocenters. The molecule has 0 radical (unpaired) electrons. The molecule has 3 rings (SSSR count). The summed E-state index contributed by atoms with van der Waals surface area (Å²) in [7, 11) is 1.75. The Morgan fingerprint density at radius 2 is 1.44 bits per heavy atom. The van der Waals surface area contributed by atoms with Crippen LogP contribution in [-0.2, 0) is 16.6 Å². The molecular formula is C22H22N2O3. The van der Waals surface area contributed by atoms with Gasteiger partial charge in [0.15, 0.2) is 6.10 Å². The first kappa shape index (κ1) is 18.5. The number of amides is 1. The van der Waals surface area contributed by atoms with Crippen LogP contribution in [0.25, 0.3) is 0 Å². The summed E-state index contributed by atoms with van der Waals surface area (Å²) < 4.78 is 6.99. The van der Waals surface area contributed by atoms with Crippen LogP contribution in [0.4, 0.5) is 0 Å². The molecule has 3 aromatic rings. The summed E-state index contributed by atoms with van der Waals surface area (Å²) in [6.45, 7) is 1.57. The minimum absolute atomic E-state index is 0.323. The highest BCUT2D eigenvalue weighted by Gasteiger charge is 2.24. The average Bonchev–Trinajstić information content (AvgIpc) is 3.13. The fourth-order valence-corrected chi connectivity index (χ4v) is 2.86. The number of ether oxygens (including phenoxy) is 1. The molecule has 0 spiro atoms. The molecule has 138 valence electrons. The summed E-state index contributed by atoms with van der Waals surface area (Å²) in [5.74, 6) is -0.878. The van der Waals surface area contributed by atoms with Crippen LogP contribution in [0, 0.1) is 0 Å². The molecule has 1 heterocycles. The van der Waals surface area contributed by atoms with Crippen molar-refractivity contribution in [2.24, 2.45) is 7.05 Å². The van der Waals surface area contributed by atoms with Crippen LogP contribution in [0.2, 0.25) is 0 Å².